The molecule has 0 aliphatic carbocycles. The lowest BCUT2D eigenvalue weighted by molar-refractivity contribution is 0.0999. The fraction of sp³-hybridized carbons (Fsp3) is 0.429. The van der Waals surface area contributed by atoms with E-state index >= 15 is 0 Å². The maximum atomic E-state index is 12.9. The van der Waals surface area contributed by atoms with E-state index in [4.69, 9.17) is 5.73 Å². The Hall–Kier alpha value is -2.27. The number of primary amides is 1. The molecule has 168 valence electrons. The highest BCUT2D eigenvalue weighted by Crippen LogP contribution is 2.45. The zero-order valence-electron chi connectivity index (χ0n) is 18.5. The number of anilines is 1. The van der Waals surface area contributed by atoms with Crippen molar-refractivity contribution in [1.82, 2.24) is 9.62 Å². The standard InChI is InChI=1S/C21H28N4O4S2/c1-20(2)11-14-15(17(22)26)19(30-16(14)21(3,4)24-20)23-18(27)12-7-9-13(10-8-12)31(28,29)25(5)6/h7-10,24H,11H2,1-6H3,(H2,22,26)(H,23,27). The second-order valence-corrected chi connectivity index (χ2v) is 12.2. The number of thiophene rings is 1. The Morgan fingerprint density at radius 3 is 2.23 bits per heavy atom. The Morgan fingerprint density at radius 2 is 1.71 bits per heavy atom. The minimum Gasteiger partial charge on any atom is -0.365 e. The first-order chi connectivity index (χ1) is 14.2. The van der Waals surface area contributed by atoms with E-state index in [-0.39, 0.29) is 16.0 Å². The molecule has 10 heteroatoms. The molecule has 1 aliphatic heterocycles. The first-order valence-corrected chi connectivity index (χ1v) is 12.0. The summed E-state index contributed by atoms with van der Waals surface area (Å²) in [4.78, 5) is 26.2. The molecule has 31 heavy (non-hydrogen) atoms. The van der Waals surface area contributed by atoms with Gasteiger partial charge in [-0.05, 0) is 63.9 Å². The summed E-state index contributed by atoms with van der Waals surface area (Å²) in [6.45, 7) is 8.18. The van der Waals surface area contributed by atoms with Gasteiger partial charge in [0.1, 0.15) is 5.00 Å². The highest BCUT2D eigenvalue weighted by atomic mass is 32.2. The molecule has 3 rings (SSSR count). The number of amides is 2. The molecule has 1 aromatic carbocycles. The van der Waals surface area contributed by atoms with Gasteiger partial charge in [-0.3, -0.25) is 9.59 Å². The highest BCUT2D eigenvalue weighted by molar-refractivity contribution is 7.89. The molecule has 0 saturated heterocycles. The number of fused-ring (bicyclic) bond motifs is 1. The van der Waals surface area contributed by atoms with Gasteiger partial charge >= 0.3 is 0 Å². The summed E-state index contributed by atoms with van der Waals surface area (Å²) >= 11 is 1.33. The van der Waals surface area contributed by atoms with Crippen molar-refractivity contribution in [2.24, 2.45) is 5.73 Å². The van der Waals surface area contributed by atoms with Crippen LogP contribution in [0.3, 0.4) is 0 Å². The average Bonchev–Trinajstić information content (AvgIpc) is 2.98. The van der Waals surface area contributed by atoms with Gasteiger partial charge in [0.05, 0.1) is 10.5 Å². The summed E-state index contributed by atoms with van der Waals surface area (Å²) in [6, 6.07) is 5.65. The molecule has 0 unspecified atom stereocenters. The van der Waals surface area contributed by atoms with Crippen LogP contribution in [0.15, 0.2) is 29.2 Å². The minimum atomic E-state index is -3.59. The second-order valence-electron chi connectivity index (χ2n) is 9.05. The van der Waals surface area contributed by atoms with Gasteiger partial charge in [-0.2, -0.15) is 0 Å². The number of carbonyl (C=O) groups excluding carboxylic acids is 2. The first kappa shape index (κ1) is 23.4. The maximum Gasteiger partial charge on any atom is 0.256 e. The van der Waals surface area contributed by atoms with Crippen LogP contribution in [0.2, 0.25) is 0 Å². The van der Waals surface area contributed by atoms with Crippen molar-refractivity contribution >= 4 is 38.2 Å². The Labute approximate surface area is 186 Å². The third kappa shape index (κ3) is 4.38. The molecule has 2 aromatic rings. The highest BCUT2D eigenvalue weighted by Gasteiger charge is 2.41. The Kier molecular flexibility index (Phi) is 5.81. The SMILES string of the molecule is CN(C)S(=O)(=O)c1ccc(C(=O)Nc2sc3c(c2C(N)=O)CC(C)(C)NC3(C)C)cc1. The van der Waals surface area contributed by atoms with E-state index in [1.165, 1.54) is 49.7 Å². The number of carbonyl (C=O) groups is 2. The lowest BCUT2D eigenvalue weighted by Crippen LogP contribution is -2.55. The number of benzene rings is 1. The molecule has 4 N–H and O–H groups in total. The van der Waals surface area contributed by atoms with Gasteiger partial charge in [0.2, 0.25) is 10.0 Å². The maximum absolute atomic E-state index is 12.9. The number of rotatable bonds is 5. The van der Waals surface area contributed by atoms with Crippen molar-refractivity contribution in [2.45, 2.75) is 50.1 Å². The van der Waals surface area contributed by atoms with Gasteiger partial charge in [0.25, 0.3) is 11.8 Å². The van der Waals surface area contributed by atoms with Crippen LogP contribution in [-0.4, -0.2) is 44.2 Å². The zero-order chi connectivity index (χ0) is 23.4. The fourth-order valence-electron chi connectivity index (χ4n) is 4.04. The molecule has 0 saturated carbocycles. The van der Waals surface area contributed by atoms with E-state index in [1.54, 1.807) is 0 Å². The second kappa shape index (κ2) is 7.70. The normalized spacial score (nSPS) is 17.3. The topological polar surface area (TPSA) is 122 Å². The molecule has 2 heterocycles. The van der Waals surface area contributed by atoms with Crippen LogP contribution in [0.5, 0.6) is 0 Å². The third-order valence-corrected chi connectivity index (χ3v) is 8.51. The van der Waals surface area contributed by atoms with Gasteiger partial charge in [0.15, 0.2) is 0 Å². The predicted octanol–water partition coefficient (Wildman–Crippen LogP) is 2.51. The van der Waals surface area contributed by atoms with Gasteiger partial charge in [-0.1, -0.05) is 0 Å². The van der Waals surface area contributed by atoms with Crippen LogP contribution in [0.25, 0.3) is 0 Å². The van der Waals surface area contributed by atoms with Crippen LogP contribution in [0, 0.1) is 0 Å². The number of hydrogen-bond acceptors (Lipinski definition) is 6. The van der Waals surface area contributed by atoms with Gasteiger partial charge in [-0.25, -0.2) is 12.7 Å². The molecule has 0 spiro atoms. The molecule has 0 bridgehead atoms. The van der Waals surface area contributed by atoms with Crippen molar-refractivity contribution < 1.29 is 18.0 Å². The summed E-state index contributed by atoms with van der Waals surface area (Å²) in [5.41, 5.74) is 6.53. The Balaban J connectivity index is 1.96. The summed E-state index contributed by atoms with van der Waals surface area (Å²) in [7, 11) is -0.703. The van der Waals surface area contributed by atoms with E-state index in [2.05, 4.69) is 24.5 Å². The van der Waals surface area contributed by atoms with Crippen molar-refractivity contribution in [3.05, 3.63) is 45.8 Å². The first-order valence-electron chi connectivity index (χ1n) is 9.75. The summed E-state index contributed by atoms with van der Waals surface area (Å²) < 4.78 is 25.5. The molecule has 0 radical (unpaired) electrons. The number of nitrogens with zero attached hydrogens (tertiary/aromatic N) is 1. The van der Waals surface area contributed by atoms with Crippen molar-refractivity contribution in [1.29, 1.82) is 0 Å². The van der Waals surface area contributed by atoms with Crippen LogP contribution in [0.4, 0.5) is 5.00 Å². The molecule has 0 atom stereocenters. The lowest BCUT2D eigenvalue weighted by Gasteiger charge is -2.42. The van der Waals surface area contributed by atoms with Crippen LogP contribution in [0.1, 0.15) is 58.9 Å². The largest absolute Gasteiger partial charge is 0.365 e. The number of nitrogens with two attached hydrogens (primary N) is 1. The molecular weight excluding hydrogens is 436 g/mol. The van der Waals surface area contributed by atoms with Crippen molar-refractivity contribution in [2.75, 3.05) is 19.4 Å². The molecular formula is C21H28N4O4S2. The molecule has 8 nitrogen and oxygen atoms in total. The molecule has 2 amide bonds. The number of hydrogen-bond donors (Lipinski definition) is 3. The fourth-order valence-corrected chi connectivity index (χ4v) is 6.22. The van der Waals surface area contributed by atoms with Crippen molar-refractivity contribution in [3.63, 3.8) is 0 Å². The predicted molar refractivity (Wildman–Crippen MR) is 122 cm³/mol. The molecule has 1 aliphatic rings. The van der Waals surface area contributed by atoms with Gasteiger partial charge in [0, 0.05) is 35.6 Å². The number of nitrogens with one attached hydrogen (secondary N) is 2. The molecule has 1 aromatic heterocycles. The average molecular weight is 465 g/mol. The van der Waals surface area contributed by atoms with E-state index < -0.39 is 27.4 Å². The van der Waals surface area contributed by atoms with Crippen molar-refractivity contribution in [3.8, 4) is 0 Å². The smallest absolute Gasteiger partial charge is 0.256 e. The summed E-state index contributed by atoms with van der Waals surface area (Å²) in [5, 5.41) is 6.77. The third-order valence-electron chi connectivity index (χ3n) is 5.21. The monoisotopic (exact) mass is 464 g/mol. The van der Waals surface area contributed by atoms with E-state index in [9.17, 15) is 18.0 Å². The quantitative estimate of drug-likeness (QED) is 0.628. The Bertz CT molecular complexity index is 1150. The lowest BCUT2D eigenvalue weighted by atomic mass is 9.81. The van der Waals surface area contributed by atoms with Gasteiger partial charge in [-0.15, -0.1) is 11.3 Å². The van der Waals surface area contributed by atoms with E-state index in [1.807, 2.05) is 13.8 Å². The van der Waals surface area contributed by atoms with Gasteiger partial charge < -0.3 is 16.4 Å². The van der Waals surface area contributed by atoms with Crippen LogP contribution in [-0.2, 0) is 22.0 Å². The van der Waals surface area contributed by atoms with Crippen LogP contribution >= 0.6 is 11.3 Å². The van der Waals surface area contributed by atoms with Crippen LogP contribution < -0.4 is 16.4 Å². The zero-order valence-corrected chi connectivity index (χ0v) is 20.1. The minimum absolute atomic E-state index is 0.0912. The van der Waals surface area contributed by atoms with E-state index in [0.717, 1.165) is 14.7 Å². The summed E-state index contributed by atoms with van der Waals surface area (Å²) in [6.07, 6.45) is 0.605. The molecule has 0 fully saturated rings. The van der Waals surface area contributed by atoms with E-state index in [0.29, 0.717) is 17.0 Å². The number of sulfonamides is 1. The summed E-state index contributed by atoms with van der Waals surface area (Å²) in [5.74, 6) is -1.03. The Morgan fingerprint density at radius 1 is 1.13 bits per heavy atom.